The van der Waals surface area contributed by atoms with E-state index in [0.717, 1.165) is 18.7 Å². The first-order chi connectivity index (χ1) is 7.60. The van der Waals surface area contributed by atoms with E-state index >= 15 is 0 Å². The fourth-order valence-corrected chi connectivity index (χ4v) is 2.42. The number of amides is 1. The normalized spacial score (nSPS) is 11.1. The van der Waals surface area contributed by atoms with Gasteiger partial charge in [0.15, 0.2) is 0 Å². The Morgan fingerprint density at radius 2 is 2.31 bits per heavy atom. The van der Waals surface area contributed by atoms with Crippen LogP contribution >= 0.6 is 11.3 Å². The third-order valence-electron chi connectivity index (χ3n) is 2.59. The van der Waals surface area contributed by atoms with Gasteiger partial charge in [-0.3, -0.25) is 15.1 Å². The molecule has 0 aliphatic carbocycles. The molecule has 0 bridgehead atoms. The predicted octanol–water partition coefficient (Wildman–Crippen LogP) is 1.58. The van der Waals surface area contributed by atoms with E-state index in [2.05, 4.69) is 31.1 Å². The lowest BCUT2D eigenvalue weighted by atomic mass is 10.2. The molecule has 0 fully saturated rings. The zero-order valence-electron chi connectivity index (χ0n) is 9.99. The van der Waals surface area contributed by atoms with E-state index < -0.39 is 0 Å². The molecule has 0 atom stereocenters. The molecule has 1 amide bonds. The summed E-state index contributed by atoms with van der Waals surface area (Å²) in [5.41, 5.74) is 3.23. The first-order valence-electron chi connectivity index (χ1n) is 5.41. The van der Waals surface area contributed by atoms with Crippen LogP contribution < -0.4 is 11.3 Å². The van der Waals surface area contributed by atoms with Crippen LogP contribution in [0.5, 0.6) is 0 Å². The van der Waals surface area contributed by atoms with Crippen molar-refractivity contribution in [1.82, 2.24) is 10.3 Å². The maximum atomic E-state index is 11.5. The van der Waals surface area contributed by atoms with Crippen LogP contribution in [0.1, 0.15) is 36.0 Å². The molecule has 0 aliphatic heterocycles. The van der Waals surface area contributed by atoms with Crippen molar-refractivity contribution in [3.63, 3.8) is 0 Å². The van der Waals surface area contributed by atoms with E-state index in [1.165, 1.54) is 11.3 Å². The fraction of sp³-hybridized carbons (Fsp3) is 0.545. The van der Waals surface area contributed by atoms with E-state index in [0.29, 0.717) is 10.9 Å². The molecule has 16 heavy (non-hydrogen) atoms. The fourth-order valence-electron chi connectivity index (χ4n) is 1.60. The van der Waals surface area contributed by atoms with Crippen LogP contribution in [0.15, 0.2) is 11.4 Å². The van der Waals surface area contributed by atoms with Crippen molar-refractivity contribution in [2.24, 2.45) is 5.84 Å². The molecule has 3 N–H and O–H groups in total. The average Bonchev–Trinajstić information content (AvgIpc) is 2.72. The zero-order valence-corrected chi connectivity index (χ0v) is 10.8. The number of hydrazine groups is 1. The molecule has 0 aromatic carbocycles. The van der Waals surface area contributed by atoms with Gasteiger partial charge in [0.1, 0.15) is 0 Å². The Balaban J connectivity index is 2.80. The van der Waals surface area contributed by atoms with Crippen molar-refractivity contribution in [3.05, 3.63) is 21.9 Å². The molecule has 1 rings (SSSR count). The van der Waals surface area contributed by atoms with E-state index in [4.69, 9.17) is 5.84 Å². The number of hydrogen-bond donors (Lipinski definition) is 2. The summed E-state index contributed by atoms with van der Waals surface area (Å²) in [6.07, 6.45) is 0. The van der Waals surface area contributed by atoms with Gasteiger partial charge in [-0.05, 0) is 37.4 Å². The Labute approximate surface area is 100 Å². The van der Waals surface area contributed by atoms with E-state index in [9.17, 15) is 4.79 Å². The maximum absolute atomic E-state index is 11.5. The van der Waals surface area contributed by atoms with E-state index in [1.807, 2.05) is 11.4 Å². The van der Waals surface area contributed by atoms with Gasteiger partial charge < -0.3 is 0 Å². The minimum absolute atomic E-state index is 0.204. The van der Waals surface area contributed by atoms with Gasteiger partial charge in [0, 0.05) is 12.6 Å². The van der Waals surface area contributed by atoms with E-state index in [1.54, 1.807) is 0 Å². The maximum Gasteiger partial charge on any atom is 0.275 e. The first kappa shape index (κ1) is 13.2. The Bertz CT molecular complexity index is 349. The van der Waals surface area contributed by atoms with Crippen molar-refractivity contribution < 1.29 is 4.79 Å². The number of nitrogens with two attached hydrogens (primary N) is 1. The van der Waals surface area contributed by atoms with Gasteiger partial charge in [0.25, 0.3) is 5.91 Å². The molecule has 4 nitrogen and oxygen atoms in total. The summed E-state index contributed by atoms with van der Waals surface area (Å²) < 4.78 is 0. The van der Waals surface area contributed by atoms with Crippen LogP contribution in [-0.4, -0.2) is 23.4 Å². The molecule has 0 radical (unpaired) electrons. The number of nitrogens with one attached hydrogen (secondary N) is 1. The number of thiophene rings is 1. The molecule has 0 spiro atoms. The number of carbonyl (C=O) groups excluding carboxylic acids is 1. The van der Waals surface area contributed by atoms with Gasteiger partial charge >= 0.3 is 0 Å². The van der Waals surface area contributed by atoms with Gasteiger partial charge in [-0.15, -0.1) is 11.3 Å². The third kappa shape index (κ3) is 3.04. The number of carbonyl (C=O) groups is 1. The molecule has 1 aromatic rings. The average molecular weight is 241 g/mol. The summed E-state index contributed by atoms with van der Waals surface area (Å²) in [6, 6.07) is 2.46. The number of nitrogen functional groups attached to an aromatic ring is 1. The number of hydrogen-bond acceptors (Lipinski definition) is 4. The minimum Gasteiger partial charge on any atom is -0.297 e. The lowest BCUT2D eigenvalue weighted by Crippen LogP contribution is -2.33. The molecule has 0 unspecified atom stereocenters. The van der Waals surface area contributed by atoms with Crippen LogP contribution in [0, 0.1) is 0 Å². The van der Waals surface area contributed by atoms with Gasteiger partial charge in [0.2, 0.25) is 0 Å². The van der Waals surface area contributed by atoms with Gasteiger partial charge in [0.05, 0.1) is 4.88 Å². The first-order valence-corrected chi connectivity index (χ1v) is 6.29. The summed E-state index contributed by atoms with van der Waals surface area (Å²) in [7, 11) is 0. The van der Waals surface area contributed by atoms with Crippen molar-refractivity contribution >= 4 is 17.2 Å². The lowest BCUT2D eigenvalue weighted by Gasteiger charge is -2.24. The Morgan fingerprint density at radius 1 is 1.62 bits per heavy atom. The Hall–Kier alpha value is -0.910. The van der Waals surface area contributed by atoms with Crippen LogP contribution in [0.2, 0.25) is 0 Å². The molecule has 5 heteroatoms. The summed E-state index contributed by atoms with van der Waals surface area (Å²) in [5, 5.41) is 1.92. The summed E-state index contributed by atoms with van der Waals surface area (Å²) in [5.74, 6) is 4.94. The zero-order chi connectivity index (χ0) is 12.1. The lowest BCUT2D eigenvalue weighted by molar-refractivity contribution is 0.0955. The third-order valence-corrected chi connectivity index (χ3v) is 3.55. The molecular formula is C11H19N3OS. The molecule has 0 aliphatic rings. The molecule has 1 aromatic heterocycles. The van der Waals surface area contributed by atoms with Crippen molar-refractivity contribution in [1.29, 1.82) is 0 Å². The second-order valence-corrected chi connectivity index (χ2v) is 4.82. The highest BCUT2D eigenvalue weighted by molar-refractivity contribution is 7.12. The van der Waals surface area contributed by atoms with Crippen molar-refractivity contribution in [2.45, 2.75) is 33.4 Å². The number of rotatable bonds is 5. The highest BCUT2D eigenvalue weighted by Gasteiger charge is 2.15. The highest BCUT2D eigenvalue weighted by atomic mass is 32.1. The monoisotopic (exact) mass is 241 g/mol. The topological polar surface area (TPSA) is 58.4 Å². The van der Waals surface area contributed by atoms with Gasteiger partial charge in [-0.1, -0.05) is 6.92 Å². The molecular weight excluding hydrogens is 222 g/mol. The second kappa shape index (κ2) is 5.98. The van der Waals surface area contributed by atoms with Crippen LogP contribution in [-0.2, 0) is 6.54 Å². The van der Waals surface area contributed by atoms with Gasteiger partial charge in [-0.25, -0.2) is 5.84 Å². The van der Waals surface area contributed by atoms with Gasteiger partial charge in [-0.2, -0.15) is 0 Å². The summed E-state index contributed by atoms with van der Waals surface area (Å²) >= 11 is 1.43. The predicted molar refractivity (Wildman–Crippen MR) is 67.2 cm³/mol. The SMILES string of the molecule is CCN(Cc1ccsc1C(=O)NN)C(C)C. The van der Waals surface area contributed by atoms with Crippen molar-refractivity contribution in [3.8, 4) is 0 Å². The summed E-state index contributed by atoms with van der Waals surface area (Å²) in [4.78, 5) is 14.5. The van der Waals surface area contributed by atoms with Crippen LogP contribution in [0.3, 0.4) is 0 Å². The summed E-state index contributed by atoms with van der Waals surface area (Å²) in [6.45, 7) is 8.18. The van der Waals surface area contributed by atoms with E-state index in [-0.39, 0.29) is 5.91 Å². The Kier molecular flexibility index (Phi) is 4.92. The molecule has 1 heterocycles. The van der Waals surface area contributed by atoms with Crippen LogP contribution in [0.4, 0.5) is 0 Å². The highest BCUT2D eigenvalue weighted by Crippen LogP contribution is 2.19. The largest absolute Gasteiger partial charge is 0.297 e. The Morgan fingerprint density at radius 3 is 2.81 bits per heavy atom. The minimum atomic E-state index is -0.204. The second-order valence-electron chi connectivity index (χ2n) is 3.91. The molecule has 0 saturated carbocycles. The van der Waals surface area contributed by atoms with Crippen LogP contribution in [0.25, 0.3) is 0 Å². The standard InChI is InChI=1S/C11H19N3OS/c1-4-14(8(2)3)7-9-5-6-16-10(9)11(15)13-12/h5-6,8H,4,7,12H2,1-3H3,(H,13,15). The smallest absolute Gasteiger partial charge is 0.275 e. The molecule has 0 saturated heterocycles. The number of nitrogens with zero attached hydrogens (tertiary/aromatic N) is 1. The molecule has 90 valence electrons. The van der Waals surface area contributed by atoms with Crippen molar-refractivity contribution in [2.75, 3.05) is 6.54 Å². The quantitative estimate of drug-likeness (QED) is 0.467.